The van der Waals surface area contributed by atoms with Gasteiger partial charge in [0.2, 0.25) is 5.78 Å². The number of aromatic hydroxyl groups is 1. The highest BCUT2D eigenvalue weighted by molar-refractivity contribution is 6.24. The number of ether oxygens (including phenoxy) is 1. The Labute approximate surface area is 249 Å². The molecule has 12 nitrogen and oxygen atoms in total. The van der Waals surface area contributed by atoms with Crippen LogP contribution in [0.25, 0.3) is 11.3 Å². The van der Waals surface area contributed by atoms with E-state index in [0.717, 1.165) is 11.1 Å². The number of aliphatic hydroxyl groups excluding tert-OH is 2. The fraction of sp³-hybridized carbons (Fsp3) is 0.419. The number of nitrogens with two attached hydrogens (primary N) is 1. The number of amides is 2. The third-order valence-corrected chi connectivity index (χ3v) is 8.75. The number of primary amides is 1. The predicted molar refractivity (Wildman–Crippen MR) is 157 cm³/mol. The van der Waals surface area contributed by atoms with Gasteiger partial charge in [-0.2, -0.15) is 0 Å². The van der Waals surface area contributed by atoms with E-state index in [1.54, 1.807) is 27.2 Å². The predicted octanol–water partition coefficient (Wildman–Crippen LogP) is 2.01. The zero-order valence-electron chi connectivity index (χ0n) is 25.0. The maximum atomic E-state index is 14.0. The summed E-state index contributed by atoms with van der Waals surface area (Å²) in [6.07, 6.45) is 3.25. The van der Waals surface area contributed by atoms with Crippen LogP contribution in [-0.2, 0) is 25.5 Å². The van der Waals surface area contributed by atoms with E-state index in [4.69, 9.17) is 10.5 Å². The van der Waals surface area contributed by atoms with E-state index in [2.05, 4.69) is 0 Å². The number of phenolic OH excluding ortho intramolecular Hbond substituents is 1. The Kier molecular flexibility index (Phi) is 8.31. The molecule has 4 atom stereocenters. The minimum Gasteiger partial charge on any atom is -0.508 e. The molecule has 0 saturated heterocycles. The summed E-state index contributed by atoms with van der Waals surface area (Å²) in [5.41, 5.74) is 4.27. The quantitative estimate of drug-likeness (QED) is 0.240. The summed E-state index contributed by atoms with van der Waals surface area (Å²) in [5, 5.41) is 45.2. The molecular formula is C31H37N3O9. The number of nitrogens with zero attached hydrogens (tertiary/aromatic N) is 2. The van der Waals surface area contributed by atoms with E-state index in [-0.39, 0.29) is 36.3 Å². The fourth-order valence-corrected chi connectivity index (χ4v) is 6.74. The molecule has 1 aromatic rings. The molecule has 12 heteroatoms. The molecule has 43 heavy (non-hydrogen) atoms. The van der Waals surface area contributed by atoms with E-state index in [0.29, 0.717) is 11.1 Å². The fourth-order valence-electron chi connectivity index (χ4n) is 6.74. The van der Waals surface area contributed by atoms with E-state index < -0.39 is 64.1 Å². The number of hydrogen-bond donors (Lipinski definition) is 5. The Morgan fingerprint density at radius 3 is 2.37 bits per heavy atom. The Hall–Kier alpha value is -4.42. The van der Waals surface area contributed by atoms with E-state index in [1.807, 2.05) is 26.0 Å². The normalized spacial score (nSPS) is 25.8. The Morgan fingerprint density at radius 2 is 1.81 bits per heavy atom. The number of aliphatic hydroxyl groups is 3. The van der Waals surface area contributed by atoms with Gasteiger partial charge in [0.05, 0.1) is 18.7 Å². The van der Waals surface area contributed by atoms with Crippen LogP contribution in [0.4, 0.5) is 4.79 Å². The van der Waals surface area contributed by atoms with Gasteiger partial charge in [-0.25, -0.2) is 4.79 Å². The van der Waals surface area contributed by atoms with Gasteiger partial charge in [-0.3, -0.25) is 19.3 Å². The van der Waals surface area contributed by atoms with Gasteiger partial charge >= 0.3 is 6.09 Å². The van der Waals surface area contributed by atoms with Crippen molar-refractivity contribution in [2.24, 2.45) is 17.6 Å². The van der Waals surface area contributed by atoms with Crippen LogP contribution in [0, 0.1) is 11.8 Å². The first-order valence-corrected chi connectivity index (χ1v) is 13.7. The zero-order chi connectivity index (χ0) is 32.1. The number of carbonyl (C=O) groups is 4. The largest absolute Gasteiger partial charge is 0.508 e. The van der Waals surface area contributed by atoms with E-state index in [9.17, 15) is 39.6 Å². The standard InChI is InChI=1S/C31H37N3O9/c1-7-8-15(13-34(5)30(41)43-6)14(2)17-9-10-20(35)22-18(17)11-16-12-19-24(33(3)4)26(37)23(29(32)40)28(39)31(19,42)27(38)21(16)25(22)36/h7-10,16,19,24,35-36,39,42H,11-13H2,1-6H3,(H2,32,40)/b8-7-,15-14-/t16-,19-,24-,31-/m0/s1. The number of carbonyl (C=O) groups excluding carboxylic acids is 4. The number of ketones is 2. The van der Waals surface area contributed by atoms with E-state index >= 15 is 0 Å². The van der Waals surface area contributed by atoms with Gasteiger partial charge in [0.15, 0.2) is 11.4 Å². The van der Waals surface area contributed by atoms with Crippen molar-refractivity contribution in [3.8, 4) is 5.75 Å². The monoisotopic (exact) mass is 595 g/mol. The second-order valence-electron chi connectivity index (χ2n) is 11.4. The lowest BCUT2D eigenvalue weighted by Gasteiger charge is -2.50. The molecule has 6 N–H and O–H groups in total. The van der Waals surface area contributed by atoms with Crippen LogP contribution in [0.1, 0.15) is 37.0 Å². The molecule has 4 rings (SSSR count). The number of Topliss-reactive ketones (excluding diaryl/α,β-unsaturated/α-hetero) is 2. The summed E-state index contributed by atoms with van der Waals surface area (Å²) in [4.78, 5) is 54.4. The highest BCUT2D eigenvalue weighted by Gasteiger charge is 2.64. The molecule has 0 bridgehead atoms. The second-order valence-corrected chi connectivity index (χ2v) is 11.4. The third kappa shape index (κ3) is 4.80. The number of hydrogen-bond acceptors (Lipinski definition) is 10. The van der Waals surface area contributed by atoms with Crippen molar-refractivity contribution in [3.05, 3.63) is 63.5 Å². The van der Waals surface area contributed by atoms with Crippen LogP contribution in [0.3, 0.4) is 0 Å². The van der Waals surface area contributed by atoms with Crippen LogP contribution in [0.5, 0.6) is 5.75 Å². The summed E-state index contributed by atoms with van der Waals surface area (Å²) >= 11 is 0. The van der Waals surface area contributed by atoms with Crippen molar-refractivity contribution >= 4 is 34.9 Å². The topological polar surface area (TPSA) is 191 Å². The van der Waals surface area contributed by atoms with Crippen molar-refractivity contribution < 1.29 is 44.3 Å². The molecule has 230 valence electrons. The minimum atomic E-state index is -2.70. The van der Waals surface area contributed by atoms with Crippen LogP contribution >= 0.6 is 0 Å². The number of rotatable bonds is 6. The maximum Gasteiger partial charge on any atom is 0.409 e. The SMILES string of the molecule is C/C=C\C(CN(C)C(=O)OC)=C(/C)c1ccc(O)c2c1C[C@H]1C[C@H]3[C@H](N(C)C)C(=O)C(C(N)=O)=C(O)[C@@]3(O)C(=O)C1=C2O. The molecule has 0 unspecified atom stereocenters. The van der Waals surface area contributed by atoms with Crippen molar-refractivity contribution in [3.63, 3.8) is 0 Å². The molecule has 1 aromatic carbocycles. The molecule has 0 aliphatic heterocycles. The van der Waals surface area contributed by atoms with Gasteiger partial charge in [0, 0.05) is 25.1 Å². The van der Waals surface area contributed by atoms with Gasteiger partial charge in [0.25, 0.3) is 5.91 Å². The Morgan fingerprint density at radius 1 is 1.16 bits per heavy atom. The lowest BCUT2D eigenvalue weighted by molar-refractivity contribution is -0.153. The molecule has 1 saturated carbocycles. The first-order chi connectivity index (χ1) is 20.1. The second kappa shape index (κ2) is 11.3. The molecular weight excluding hydrogens is 558 g/mol. The molecule has 3 aliphatic rings. The van der Waals surface area contributed by atoms with Crippen molar-refractivity contribution in [2.75, 3.05) is 34.8 Å². The molecule has 3 aliphatic carbocycles. The molecule has 0 radical (unpaired) electrons. The van der Waals surface area contributed by atoms with Gasteiger partial charge in [-0.1, -0.05) is 18.2 Å². The van der Waals surface area contributed by atoms with Gasteiger partial charge in [0.1, 0.15) is 22.8 Å². The van der Waals surface area contributed by atoms with Crippen molar-refractivity contribution in [2.45, 2.75) is 38.3 Å². The minimum absolute atomic E-state index is 0.00529. The lowest BCUT2D eigenvalue weighted by Crippen LogP contribution is -2.65. The Bertz CT molecular complexity index is 1550. The average molecular weight is 596 g/mol. The molecule has 0 aromatic heterocycles. The van der Waals surface area contributed by atoms with Gasteiger partial charge in [-0.15, -0.1) is 0 Å². The number of benzene rings is 1. The smallest absolute Gasteiger partial charge is 0.409 e. The summed E-state index contributed by atoms with van der Waals surface area (Å²) in [6.45, 7) is 3.86. The molecule has 0 spiro atoms. The number of fused-ring (bicyclic) bond motifs is 3. The first kappa shape index (κ1) is 31.5. The van der Waals surface area contributed by atoms with Gasteiger partial charge in [-0.05, 0) is 75.0 Å². The number of phenols is 1. The molecule has 1 fully saturated rings. The number of allylic oxidation sites excluding steroid dienone is 2. The van der Waals surface area contributed by atoms with Crippen LogP contribution < -0.4 is 5.73 Å². The van der Waals surface area contributed by atoms with Crippen LogP contribution in [0.2, 0.25) is 0 Å². The summed E-state index contributed by atoms with van der Waals surface area (Å²) in [5.74, 6) is -7.06. The van der Waals surface area contributed by atoms with Gasteiger partial charge < -0.3 is 35.8 Å². The average Bonchev–Trinajstić information content (AvgIpc) is 2.93. The van der Waals surface area contributed by atoms with Crippen LogP contribution in [0.15, 0.2) is 46.8 Å². The van der Waals surface area contributed by atoms with Crippen molar-refractivity contribution in [1.29, 1.82) is 0 Å². The molecule has 0 heterocycles. The first-order valence-electron chi connectivity index (χ1n) is 13.7. The molecule has 2 amide bonds. The third-order valence-electron chi connectivity index (χ3n) is 8.75. The van der Waals surface area contributed by atoms with Crippen LogP contribution in [-0.4, -0.2) is 100 Å². The van der Waals surface area contributed by atoms with E-state index in [1.165, 1.54) is 23.0 Å². The van der Waals surface area contributed by atoms with Crippen molar-refractivity contribution in [1.82, 2.24) is 9.80 Å². The maximum absolute atomic E-state index is 14.0. The highest BCUT2D eigenvalue weighted by Crippen LogP contribution is 2.53. The lowest BCUT2D eigenvalue weighted by atomic mass is 9.57. The summed E-state index contributed by atoms with van der Waals surface area (Å²) in [6, 6.07) is 1.89. The number of likely N-dealkylation sites (N-methyl/N-ethyl adjacent to an activating group) is 2. The Balaban J connectivity index is 1.94. The summed E-state index contributed by atoms with van der Waals surface area (Å²) in [7, 11) is 5.97. The summed E-state index contributed by atoms with van der Waals surface area (Å²) < 4.78 is 4.82. The highest BCUT2D eigenvalue weighted by atomic mass is 16.5. The zero-order valence-corrected chi connectivity index (χ0v) is 25.0. The number of methoxy groups -OCH3 is 1.